The quantitative estimate of drug-likeness (QED) is 0.750. The summed E-state index contributed by atoms with van der Waals surface area (Å²) in [4.78, 5) is 13.0. The second-order valence-electron chi connectivity index (χ2n) is 4.42. The molecule has 0 radical (unpaired) electrons. The molecule has 0 unspecified atom stereocenters. The molecule has 0 atom stereocenters. The van der Waals surface area contributed by atoms with Gasteiger partial charge in [-0.3, -0.25) is 4.98 Å². The fourth-order valence-corrected chi connectivity index (χ4v) is 2.33. The van der Waals surface area contributed by atoms with Crippen molar-refractivity contribution >= 4 is 44.3 Å². The van der Waals surface area contributed by atoms with Crippen molar-refractivity contribution in [3.05, 3.63) is 47.2 Å². The second-order valence-corrected chi connectivity index (χ2v) is 5.28. The van der Waals surface area contributed by atoms with Crippen molar-refractivity contribution < 1.29 is 0 Å². The van der Waals surface area contributed by atoms with Gasteiger partial charge in [0.05, 0.1) is 9.99 Å². The maximum atomic E-state index is 4.46. The Kier molecular flexibility index (Phi) is 3.96. The zero-order valence-electron chi connectivity index (χ0n) is 11.5. The van der Waals surface area contributed by atoms with E-state index in [-0.39, 0.29) is 0 Å². The van der Waals surface area contributed by atoms with E-state index in [1.54, 1.807) is 12.4 Å². The number of hydrogen-bond donors (Lipinski definition) is 2. The fraction of sp³-hybridized carbons (Fsp3) is 0.133. The summed E-state index contributed by atoms with van der Waals surface area (Å²) < 4.78 is 0.810. The van der Waals surface area contributed by atoms with Crippen LogP contribution in [0.1, 0.15) is 6.92 Å². The monoisotopic (exact) mass is 343 g/mol. The molecule has 5 nitrogen and oxygen atoms in total. The molecule has 0 aliphatic heterocycles. The van der Waals surface area contributed by atoms with Crippen molar-refractivity contribution in [3.63, 3.8) is 0 Å². The summed E-state index contributed by atoms with van der Waals surface area (Å²) in [7, 11) is 0. The Morgan fingerprint density at radius 2 is 2.05 bits per heavy atom. The van der Waals surface area contributed by atoms with Crippen LogP contribution in [0.5, 0.6) is 0 Å². The maximum absolute atomic E-state index is 4.46. The predicted octanol–water partition coefficient (Wildman–Crippen LogP) is 3.96. The van der Waals surface area contributed by atoms with E-state index in [2.05, 4.69) is 41.5 Å². The van der Waals surface area contributed by atoms with E-state index in [1.807, 2.05) is 37.3 Å². The van der Waals surface area contributed by atoms with Gasteiger partial charge in [0, 0.05) is 30.0 Å². The zero-order chi connectivity index (χ0) is 14.7. The van der Waals surface area contributed by atoms with E-state index in [1.165, 1.54) is 0 Å². The first-order valence-electron chi connectivity index (χ1n) is 6.65. The number of rotatable bonds is 4. The van der Waals surface area contributed by atoms with Gasteiger partial charge in [-0.05, 0) is 47.1 Å². The summed E-state index contributed by atoms with van der Waals surface area (Å²) in [5.74, 6) is 1.32. The Hall–Kier alpha value is -2.21. The van der Waals surface area contributed by atoms with Gasteiger partial charge in [-0.2, -0.15) is 4.98 Å². The predicted molar refractivity (Wildman–Crippen MR) is 88.9 cm³/mol. The van der Waals surface area contributed by atoms with Crippen LogP contribution in [0.15, 0.2) is 47.2 Å². The highest BCUT2D eigenvalue weighted by Gasteiger charge is 2.07. The van der Waals surface area contributed by atoms with Gasteiger partial charge >= 0.3 is 0 Å². The lowest BCUT2D eigenvalue weighted by Crippen LogP contribution is -2.04. The molecule has 0 amide bonds. The lowest BCUT2D eigenvalue weighted by atomic mass is 10.2. The van der Waals surface area contributed by atoms with Crippen LogP contribution in [0.4, 0.5) is 17.5 Å². The van der Waals surface area contributed by atoms with Crippen LogP contribution in [0.2, 0.25) is 0 Å². The summed E-state index contributed by atoms with van der Waals surface area (Å²) in [6.07, 6.45) is 3.52. The van der Waals surface area contributed by atoms with E-state index in [0.717, 1.165) is 33.4 Å². The largest absolute Gasteiger partial charge is 0.354 e. The number of nitrogens with zero attached hydrogens (tertiary/aromatic N) is 3. The van der Waals surface area contributed by atoms with Crippen LogP contribution in [-0.2, 0) is 0 Å². The highest BCUT2D eigenvalue weighted by Crippen LogP contribution is 2.28. The molecule has 0 aliphatic rings. The average Bonchev–Trinajstić information content (AvgIpc) is 2.51. The number of aromatic nitrogens is 3. The van der Waals surface area contributed by atoms with E-state index < -0.39 is 0 Å². The number of nitrogens with one attached hydrogen (secondary N) is 2. The van der Waals surface area contributed by atoms with Gasteiger partial charge in [0.2, 0.25) is 5.95 Å². The first kappa shape index (κ1) is 13.8. The Bertz CT molecular complexity index is 770. The molecule has 2 aromatic heterocycles. The molecule has 2 heterocycles. The molecule has 3 rings (SSSR count). The number of hydrogen-bond acceptors (Lipinski definition) is 5. The molecule has 1 aromatic carbocycles. The lowest BCUT2D eigenvalue weighted by Gasteiger charge is -2.11. The number of pyridine rings is 1. The number of fused-ring (bicyclic) bond motifs is 1. The summed E-state index contributed by atoms with van der Waals surface area (Å²) in [5, 5.41) is 7.49. The SMILES string of the molecule is CCNc1ncc(Br)c(Nc2cccc3ncccc23)n1. The van der Waals surface area contributed by atoms with Gasteiger partial charge in [-0.1, -0.05) is 6.07 Å². The normalized spacial score (nSPS) is 10.6. The zero-order valence-corrected chi connectivity index (χ0v) is 13.1. The minimum Gasteiger partial charge on any atom is -0.354 e. The number of benzene rings is 1. The Labute approximate surface area is 131 Å². The summed E-state index contributed by atoms with van der Waals surface area (Å²) in [5.41, 5.74) is 1.90. The molecular formula is C15H14BrN5. The topological polar surface area (TPSA) is 62.7 Å². The molecule has 0 fully saturated rings. The van der Waals surface area contributed by atoms with Crippen molar-refractivity contribution in [1.29, 1.82) is 0 Å². The van der Waals surface area contributed by atoms with Gasteiger partial charge in [0.25, 0.3) is 0 Å². The highest BCUT2D eigenvalue weighted by atomic mass is 79.9. The Balaban J connectivity index is 2.00. The van der Waals surface area contributed by atoms with Crippen LogP contribution in [-0.4, -0.2) is 21.5 Å². The molecule has 2 N–H and O–H groups in total. The molecule has 21 heavy (non-hydrogen) atoms. The minimum absolute atomic E-state index is 0.599. The smallest absolute Gasteiger partial charge is 0.224 e. The number of anilines is 3. The van der Waals surface area contributed by atoms with Crippen molar-refractivity contribution in [3.8, 4) is 0 Å². The standard InChI is InChI=1S/C15H14BrN5/c1-2-17-15-19-9-11(16)14(21-15)20-13-7-3-6-12-10(13)5-4-8-18-12/h3-9H,2H2,1H3,(H2,17,19,20,21). The van der Waals surface area contributed by atoms with Crippen LogP contribution in [0, 0.1) is 0 Å². The third-order valence-corrected chi connectivity index (χ3v) is 3.56. The van der Waals surface area contributed by atoms with Gasteiger partial charge in [0.1, 0.15) is 5.82 Å². The van der Waals surface area contributed by atoms with Crippen LogP contribution in [0.25, 0.3) is 10.9 Å². The third-order valence-electron chi connectivity index (χ3n) is 2.98. The molecule has 0 bridgehead atoms. The van der Waals surface area contributed by atoms with Crippen LogP contribution < -0.4 is 10.6 Å². The minimum atomic E-state index is 0.599. The maximum Gasteiger partial charge on any atom is 0.224 e. The number of halogens is 1. The molecular weight excluding hydrogens is 330 g/mol. The van der Waals surface area contributed by atoms with Gasteiger partial charge in [-0.25, -0.2) is 4.98 Å². The molecule has 0 spiro atoms. The van der Waals surface area contributed by atoms with E-state index >= 15 is 0 Å². The van der Waals surface area contributed by atoms with E-state index in [9.17, 15) is 0 Å². The Morgan fingerprint density at radius 1 is 1.14 bits per heavy atom. The molecule has 0 aliphatic carbocycles. The Morgan fingerprint density at radius 3 is 2.90 bits per heavy atom. The summed E-state index contributed by atoms with van der Waals surface area (Å²) >= 11 is 3.47. The molecule has 0 saturated carbocycles. The van der Waals surface area contributed by atoms with Gasteiger partial charge < -0.3 is 10.6 Å². The molecule has 0 saturated heterocycles. The summed E-state index contributed by atoms with van der Waals surface area (Å²) in [6.45, 7) is 2.79. The first-order valence-corrected chi connectivity index (χ1v) is 7.44. The van der Waals surface area contributed by atoms with Crippen molar-refractivity contribution in [1.82, 2.24) is 15.0 Å². The first-order chi connectivity index (χ1) is 10.3. The lowest BCUT2D eigenvalue weighted by molar-refractivity contribution is 1.08. The second kappa shape index (κ2) is 6.05. The van der Waals surface area contributed by atoms with Crippen LogP contribution in [0.3, 0.4) is 0 Å². The van der Waals surface area contributed by atoms with Gasteiger partial charge in [0.15, 0.2) is 0 Å². The highest BCUT2D eigenvalue weighted by molar-refractivity contribution is 9.10. The molecule has 106 valence electrons. The molecule has 3 aromatic rings. The fourth-order valence-electron chi connectivity index (χ4n) is 2.04. The summed E-state index contributed by atoms with van der Waals surface area (Å²) in [6, 6.07) is 9.92. The van der Waals surface area contributed by atoms with Gasteiger partial charge in [-0.15, -0.1) is 0 Å². The van der Waals surface area contributed by atoms with Crippen LogP contribution >= 0.6 is 15.9 Å². The van der Waals surface area contributed by atoms with E-state index in [0.29, 0.717) is 5.95 Å². The molecule has 6 heteroatoms. The third kappa shape index (κ3) is 2.95. The van der Waals surface area contributed by atoms with Crippen molar-refractivity contribution in [2.24, 2.45) is 0 Å². The van der Waals surface area contributed by atoms with E-state index in [4.69, 9.17) is 0 Å². The average molecular weight is 344 g/mol. The van der Waals surface area contributed by atoms with Crippen molar-refractivity contribution in [2.75, 3.05) is 17.2 Å². The van der Waals surface area contributed by atoms with Crippen molar-refractivity contribution in [2.45, 2.75) is 6.92 Å².